The van der Waals surface area contributed by atoms with Crippen LogP contribution in [-0.4, -0.2) is 15.7 Å². The monoisotopic (exact) mass is 307 g/mol. The van der Waals surface area contributed by atoms with Gasteiger partial charge in [-0.1, -0.05) is 13.3 Å². The lowest BCUT2D eigenvalue weighted by molar-refractivity contribution is 0.0930. The fourth-order valence-corrected chi connectivity index (χ4v) is 2.30. The molecule has 0 spiro atoms. The van der Waals surface area contributed by atoms with Crippen molar-refractivity contribution in [3.8, 4) is 0 Å². The Hall–Kier alpha value is -2.24. The van der Waals surface area contributed by atoms with Crippen LogP contribution in [0.5, 0.6) is 0 Å². The normalized spacial score (nSPS) is 12.2. The molecule has 0 aliphatic rings. The number of carbonyl (C=O) groups is 1. The van der Waals surface area contributed by atoms with E-state index in [0.717, 1.165) is 24.6 Å². The van der Waals surface area contributed by atoms with Crippen molar-refractivity contribution in [2.45, 2.75) is 32.7 Å². The average molecular weight is 307 g/mol. The van der Waals surface area contributed by atoms with Crippen LogP contribution in [0.3, 0.4) is 0 Å². The second-order valence-electron chi connectivity index (χ2n) is 5.29. The summed E-state index contributed by atoms with van der Waals surface area (Å²) < 4.78 is 28.0. The summed E-state index contributed by atoms with van der Waals surface area (Å²) in [5.74, 6) is -1.65. The number of carbonyl (C=O) groups excluding carboxylic acids is 1. The number of hydrogen-bond donors (Lipinski definition) is 1. The van der Waals surface area contributed by atoms with Crippen LogP contribution >= 0.6 is 0 Å². The highest BCUT2D eigenvalue weighted by molar-refractivity contribution is 5.92. The second-order valence-corrected chi connectivity index (χ2v) is 5.29. The Labute approximate surface area is 128 Å². The molecule has 118 valence electrons. The zero-order valence-electron chi connectivity index (χ0n) is 12.9. The van der Waals surface area contributed by atoms with Crippen LogP contribution < -0.4 is 5.32 Å². The van der Waals surface area contributed by atoms with Crippen LogP contribution in [0, 0.1) is 11.6 Å². The Kier molecular flexibility index (Phi) is 4.90. The van der Waals surface area contributed by atoms with Crippen LogP contribution in [0.1, 0.15) is 48.1 Å². The molecule has 2 aromatic rings. The van der Waals surface area contributed by atoms with Gasteiger partial charge in [0, 0.05) is 13.1 Å². The highest BCUT2D eigenvalue weighted by Crippen LogP contribution is 2.17. The van der Waals surface area contributed by atoms with Gasteiger partial charge in [-0.15, -0.1) is 0 Å². The minimum Gasteiger partial charge on any atom is -0.344 e. The lowest BCUT2D eigenvalue weighted by atomic mass is 10.1. The topological polar surface area (TPSA) is 46.9 Å². The zero-order chi connectivity index (χ0) is 16.3. The Bertz CT molecular complexity index is 662. The van der Waals surface area contributed by atoms with Crippen molar-refractivity contribution in [3.63, 3.8) is 0 Å². The van der Waals surface area contributed by atoms with Gasteiger partial charge >= 0.3 is 0 Å². The van der Waals surface area contributed by atoms with Crippen molar-refractivity contribution in [1.29, 1.82) is 0 Å². The number of benzene rings is 1. The Balaban J connectivity index is 2.14. The van der Waals surface area contributed by atoms with E-state index in [0.29, 0.717) is 11.3 Å². The van der Waals surface area contributed by atoms with Gasteiger partial charge in [-0.2, -0.15) is 5.10 Å². The molecule has 0 aliphatic carbocycles. The van der Waals surface area contributed by atoms with Crippen molar-refractivity contribution in [2.24, 2.45) is 7.05 Å². The third-order valence-electron chi connectivity index (χ3n) is 3.40. The molecule has 0 fully saturated rings. The minimum atomic E-state index is -0.665. The van der Waals surface area contributed by atoms with Crippen molar-refractivity contribution in [1.82, 2.24) is 15.1 Å². The van der Waals surface area contributed by atoms with E-state index in [1.807, 2.05) is 6.92 Å². The minimum absolute atomic E-state index is 0.325. The Morgan fingerprint density at radius 2 is 1.91 bits per heavy atom. The number of rotatable bonds is 5. The number of hydrogen-bond acceptors (Lipinski definition) is 2. The number of aromatic nitrogens is 2. The smallest absolute Gasteiger partial charge is 0.270 e. The van der Waals surface area contributed by atoms with Crippen LogP contribution in [0.25, 0.3) is 0 Å². The lowest BCUT2D eigenvalue weighted by Crippen LogP contribution is -2.28. The zero-order valence-corrected chi connectivity index (χ0v) is 12.9. The number of amides is 1. The van der Waals surface area contributed by atoms with E-state index < -0.39 is 17.7 Å². The van der Waals surface area contributed by atoms with E-state index in [1.165, 1.54) is 16.8 Å². The molecule has 0 saturated carbocycles. The molecule has 2 rings (SSSR count). The summed E-state index contributed by atoms with van der Waals surface area (Å²) in [6, 6.07) is 4.44. The molecule has 4 nitrogen and oxygen atoms in total. The van der Waals surface area contributed by atoms with E-state index in [4.69, 9.17) is 0 Å². The van der Waals surface area contributed by atoms with Gasteiger partial charge in [-0.25, -0.2) is 8.78 Å². The fourth-order valence-electron chi connectivity index (χ4n) is 2.30. The fraction of sp³-hybridized carbons (Fsp3) is 0.375. The van der Waals surface area contributed by atoms with Gasteiger partial charge in [0.2, 0.25) is 0 Å². The van der Waals surface area contributed by atoms with Crippen molar-refractivity contribution in [2.75, 3.05) is 0 Å². The molecule has 1 amide bonds. The number of aryl methyl sites for hydroxylation is 2. The first-order chi connectivity index (χ1) is 10.4. The Morgan fingerprint density at radius 1 is 1.27 bits per heavy atom. The average Bonchev–Trinajstić information content (AvgIpc) is 2.79. The lowest BCUT2D eigenvalue weighted by Gasteiger charge is -2.14. The summed E-state index contributed by atoms with van der Waals surface area (Å²) >= 11 is 0. The van der Waals surface area contributed by atoms with Gasteiger partial charge in [0.1, 0.15) is 17.3 Å². The maximum absolute atomic E-state index is 13.2. The van der Waals surface area contributed by atoms with Gasteiger partial charge in [0.15, 0.2) is 0 Å². The molecular formula is C16H19F2N3O. The first-order valence-corrected chi connectivity index (χ1v) is 7.20. The molecular weight excluding hydrogens is 288 g/mol. The molecule has 1 aromatic carbocycles. The number of nitrogens with zero attached hydrogens (tertiary/aromatic N) is 2. The molecule has 0 aliphatic heterocycles. The van der Waals surface area contributed by atoms with E-state index >= 15 is 0 Å². The van der Waals surface area contributed by atoms with Crippen LogP contribution in [-0.2, 0) is 13.5 Å². The Morgan fingerprint density at radius 3 is 2.50 bits per heavy atom. The van der Waals surface area contributed by atoms with Gasteiger partial charge in [-0.3, -0.25) is 9.48 Å². The summed E-state index contributed by atoms with van der Waals surface area (Å²) in [7, 11) is 1.70. The highest BCUT2D eigenvalue weighted by atomic mass is 19.1. The summed E-state index contributed by atoms with van der Waals surface area (Å²) in [6.45, 7) is 3.71. The molecule has 1 aromatic heterocycles. The quantitative estimate of drug-likeness (QED) is 0.922. The molecule has 0 unspecified atom stereocenters. The molecule has 0 saturated heterocycles. The van der Waals surface area contributed by atoms with Crippen LogP contribution in [0.15, 0.2) is 24.3 Å². The van der Waals surface area contributed by atoms with E-state index in [1.54, 1.807) is 20.0 Å². The molecule has 1 heterocycles. The second kappa shape index (κ2) is 6.68. The third kappa shape index (κ3) is 3.69. The molecule has 22 heavy (non-hydrogen) atoms. The van der Waals surface area contributed by atoms with E-state index in [2.05, 4.69) is 10.4 Å². The molecule has 1 N–H and O–H groups in total. The number of nitrogens with one attached hydrogen (secondary N) is 1. The maximum atomic E-state index is 13.2. The first-order valence-electron chi connectivity index (χ1n) is 7.20. The van der Waals surface area contributed by atoms with Crippen LogP contribution in [0.4, 0.5) is 8.78 Å². The van der Waals surface area contributed by atoms with E-state index in [-0.39, 0.29) is 5.91 Å². The summed E-state index contributed by atoms with van der Waals surface area (Å²) in [5, 5.41) is 7.00. The molecule has 1 atom stereocenters. The number of halogens is 2. The molecule has 0 bridgehead atoms. The van der Waals surface area contributed by atoms with Crippen molar-refractivity contribution in [3.05, 3.63) is 52.9 Å². The van der Waals surface area contributed by atoms with Gasteiger partial charge < -0.3 is 5.32 Å². The molecule has 0 radical (unpaired) electrons. The van der Waals surface area contributed by atoms with Crippen LogP contribution in [0.2, 0.25) is 0 Å². The van der Waals surface area contributed by atoms with Gasteiger partial charge in [0.05, 0.1) is 11.7 Å². The third-order valence-corrected chi connectivity index (χ3v) is 3.40. The van der Waals surface area contributed by atoms with Gasteiger partial charge in [0.25, 0.3) is 5.91 Å². The van der Waals surface area contributed by atoms with E-state index in [9.17, 15) is 13.6 Å². The summed E-state index contributed by atoms with van der Waals surface area (Å²) in [4.78, 5) is 12.3. The van der Waals surface area contributed by atoms with Gasteiger partial charge in [-0.05, 0) is 37.1 Å². The standard InChI is InChI=1S/C16H19F2N3O/c1-4-5-14-9-15(21(3)20-14)16(22)19-10(2)11-6-12(17)8-13(18)7-11/h6-10H,4-5H2,1-3H3,(H,19,22)/t10-/m1/s1. The SMILES string of the molecule is CCCc1cc(C(=O)N[C@H](C)c2cc(F)cc(F)c2)n(C)n1. The summed E-state index contributed by atoms with van der Waals surface area (Å²) in [5.41, 5.74) is 1.65. The van der Waals surface area contributed by atoms with Crippen molar-refractivity contribution < 1.29 is 13.6 Å². The highest BCUT2D eigenvalue weighted by Gasteiger charge is 2.17. The maximum Gasteiger partial charge on any atom is 0.270 e. The predicted octanol–water partition coefficient (Wildman–Crippen LogP) is 3.14. The molecule has 6 heteroatoms. The van der Waals surface area contributed by atoms with Crippen molar-refractivity contribution >= 4 is 5.91 Å². The largest absolute Gasteiger partial charge is 0.344 e. The predicted molar refractivity (Wildman–Crippen MR) is 79.4 cm³/mol. The summed E-state index contributed by atoms with van der Waals surface area (Å²) in [6.07, 6.45) is 1.74. The first kappa shape index (κ1) is 16.1.